The van der Waals surface area contributed by atoms with E-state index in [1.165, 1.54) is 11.1 Å². The van der Waals surface area contributed by atoms with Crippen LogP contribution in [0.5, 0.6) is 0 Å². The molecule has 0 saturated heterocycles. The molecule has 0 aliphatic heterocycles. The van der Waals surface area contributed by atoms with Gasteiger partial charge in [-0.2, -0.15) is 0 Å². The molecule has 0 N–H and O–H groups in total. The third-order valence-electron chi connectivity index (χ3n) is 4.44. The molecule has 0 heterocycles. The molecule has 0 amide bonds. The summed E-state index contributed by atoms with van der Waals surface area (Å²) in [6.07, 6.45) is 3.29. The van der Waals surface area contributed by atoms with Gasteiger partial charge in [-0.05, 0) is 62.5 Å². The van der Waals surface area contributed by atoms with Crippen LogP contribution in [-0.4, -0.2) is 25.5 Å². The predicted octanol–water partition coefficient (Wildman–Crippen LogP) is 5.18. The Labute approximate surface area is 139 Å². The second-order valence-electron chi connectivity index (χ2n) is 6.58. The minimum atomic E-state index is 0.0957. The van der Waals surface area contributed by atoms with E-state index >= 15 is 0 Å². The maximum atomic E-state index is 6.49. The van der Waals surface area contributed by atoms with Crippen molar-refractivity contribution in [1.82, 2.24) is 4.90 Å². The highest BCUT2D eigenvalue weighted by Gasteiger charge is 2.28. The van der Waals surface area contributed by atoms with Crippen LogP contribution in [-0.2, 0) is 11.8 Å². The summed E-state index contributed by atoms with van der Waals surface area (Å²) in [7, 11) is 4.26. The lowest BCUT2D eigenvalue weighted by atomic mass is 9.75. The zero-order chi connectivity index (χ0) is 16.0. The first-order valence-corrected chi connectivity index (χ1v) is 8.33. The highest BCUT2D eigenvalue weighted by atomic mass is 35.5. The van der Waals surface area contributed by atoms with Crippen molar-refractivity contribution in [2.45, 2.75) is 31.6 Å². The van der Waals surface area contributed by atoms with Crippen LogP contribution in [0.4, 0.5) is 0 Å². The van der Waals surface area contributed by atoms with Crippen molar-refractivity contribution in [3.63, 3.8) is 0 Å². The van der Waals surface area contributed by atoms with Gasteiger partial charge >= 0.3 is 0 Å². The maximum absolute atomic E-state index is 6.49. The maximum Gasteiger partial charge on any atom is 0.0443 e. The van der Waals surface area contributed by atoms with Crippen LogP contribution in [0.15, 0.2) is 54.6 Å². The van der Waals surface area contributed by atoms with Gasteiger partial charge in [0.2, 0.25) is 0 Å². The van der Waals surface area contributed by atoms with Crippen molar-refractivity contribution in [2.24, 2.45) is 0 Å². The van der Waals surface area contributed by atoms with Crippen molar-refractivity contribution in [3.05, 3.63) is 70.7 Å². The summed E-state index contributed by atoms with van der Waals surface area (Å²) in [4.78, 5) is 2.25. The molecule has 1 nitrogen and oxygen atoms in total. The number of benzene rings is 2. The molecule has 0 fully saturated rings. The molecule has 2 aromatic carbocycles. The van der Waals surface area contributed by atoms with Crippen LogP contribution in [0, 0.1) is 0 Å². The molecular formula is C20H26ClN. The molecule has 1 unspecified atom stereocenters. The molecule has 2 aromatic rings. The minimum absolute atomic E-state index is 0.0957. The van der Waals surface area contributed by atoms with E-state index in [9.17, 15) is 0 Å². The number of nitrogens with zero attached hydrogens (tertiary/aromatic N) is 1. The lowest BCUT2D eigenvalue weighted by molar-refractivity contribution is 0.315. The SMILES string of the molecule is CN(C)CCC(C)(CCc1ccccc1)c1ccccc1Cl. The van der Waals surface area contributed by atoms with Gasteiger partial charge in [0.1, 0.15) is 0 Å². The fourth-order valence-corrected chi connectivity index (χ4v) is 3.24. The molecule has 0 saturated carbocycles. The molecule has 0 spiro atoms. The fraction of sp³-hybridized carbons (Fsp3) is 0.400. The van der Waals surface area contributed by atoms with E-state index in [2.05, 4.69) is 68.4 Å². The van der Waals surface area contributed by atoms with Crippen molar-refractivity contribution in [3.8, 4) is 0 Å². The topological polar surface area (TPSA) is 3.24 Å². The Morgan fingerprint density at radius 3 is 2.18 bits per heavy atom. The van der Waals surface area contributed by atoms with Gasteiger partial charge in [0, 0.05) is 5.02 Å². The van der Waals surface area contributed by atoms with Crippen LogP contribution < -0.4 is 0 Å². The van der Waals surface area contributed by atoms with Crippen molar-refractivity contribution in [1.29, 1.82) is 0 Å². The molecule has 118 valence electrons. The van der Waals surface area contributed by atoms with Crippen LogP contribution in [0.25, 0.3) is 0 Å². The number of rotatable bonds is 7. The average molecular weight is 316 g/mol. The molecule has 2 heteroatoms. The van der Waals surface area contributed by atoms with E-state index < -0.39 is 0 Å². The lowest BCUT2D eigenvalue weighted by Gasteiger charge is -2.32. The lowest BCUT2D eigenvalue weighted by Crippen LogP contribution is -2.29. The van der Waals surface area contributed by atoms with Crippen molar-refractivity contribution in [2.75, 3.05) is 20.6 Å². The molecule has 2 rings (SSSR count). The van der Waals surface area contributed by atoms with E-state index in [1.807, 2.05) is 12.1 Å². The van der Waals surface area contributed by atoms with Crippen molar-refractivity contribution < 1.29 is 0 Å². The minimum Gasteiger partial charge on any atom is -0.309 e. The summed E-state index contributed by atoms with van der Waals surface area (Å²) < 4.78 is 0. The average Bonchev–Trinajstić information content (AvgIpc) is 2.52. The Bertz CT molecular complexity index is 579. The number of hydrogen-bond donors (Lipinski definition) is 0. The summed E-state index contributed by atoms with van der Waals surface area (Å²) in [5.74, 6) is 0. The van der Waals surface area contributed by atoms with Gasteiger partial charge in [0.05, 0.1) is 0 Å². The molecule has 0 bridgehead atoms. The smallest absolute Gasteiger partial charge is 0.0443 e. The second-order valence-corrected chi connectivity index (χ2v) is 6.99. The normalized spacial score (nSPS) is 14.0. The van der Waals surface area contributed by atoms with Crippen LogP contribution in [0.2, 0.25) is 5.02 Å². The first kappa shape index (κ1) is 17.1. The Morgan fingerprint density at radius 2 is 1.55 bits per heavy atom. The molecule has 0 aliphatic carbocycles. The Balaban J connectivity index is 2.19. The van der Waals surface area contributed by atoms with Gasteiger partial charge in [-0.3, -0.25) is 0 Å². The fourth-order valence-electron chi connectivity index (χ4n) is 2.88. The second kappa shape index (κ2) is 7.80. The van der Waals surface area contributed by atoms with Crippen molar-refractivity contribution >= 4 is 11.6 Å². The Hall–Kier alpha value is -1.31. The zero-order valence-electron chi connectivity index (χ0n) is 13.8. The molecule has 0 aliphatic rings. The van der Waals surface area contributed by atoms with E-state index in [1.54, 1.807) is 0 Å². The van der Waals surface area contributed by atoms with Crippen LogP contribution in [0.3, 0.4) is 0 Å². The first-order chi connectivity index (χ1) is 10.5. The van der Waals surface area contributed by atoms with Gasteiger partial charge in [-0.1, -0.05) is 67.1 Å². The standard InChI is InChI=1S/C20H26ClN/c1-20(15-16-22(2)3,18-11-7-8-12-19(18)21)14-13-17-9-5-4-6-10-17/h4-12H,13-16H2,1-3H3. The third-order valence-corrected chi connectivity index (χ3v) is 4.77. The number of halogens is 1. The molecule has 0 aromatic heterocycles. The molecular weight excluding hydrogens is 290 g/mol. The van der Waals surface area contributed by atoms with E-state index in [4.69, 9.17) is 11.6 Å². The highest BCUT2D eigenvalue weighted by molar-refractivity contribution is 6.31. The quantitative estimate of drug-likeness (QED) is 0.680. The summed E-state index contributed by atoms with van der Waals surface area (Å²) >= 11 is 6.49. The predicted molar refractivity (Wildman–Crippen MR) is 96.7 cm³/mol. The van der Waals surface area contributed by atoms with E-state index in [0.29, 0.717) is 0 Å². The van der Waals surface area contributed by atoms with Gasteiger partial charge in [-0.15, -0.1) is 0 Å². The summed E-state index contributed by atoms with van der Waals surface area (Å²) in [5, 5.41) is 0.886. The molecule has 0 radical (unpaired) electrons. The molecule has 1 atom stereocenters. The number of hydrogen-bond acceptors (Lipinski definition) is 1. The Morgan fingerprint density at radius 1 is 0.909 bits per heavy atom. The van der Waals surface area contributed by atoms with Gasteiger partial charge in [-0.25, -0.2) is 0 Å². The van der Waals surface area contributed by atoms with Gasteiger partial charge in [0.25, 0.3) is 0 Å². The highest BCUT2D eigenvalue weighted by Crippen LogP contribution is 2.37. The first-order valence-electron chi connectivity index (χ1n) is 7.95. The Kier molecular flexibility index (Phi) is 6.05. The van der Waals surface area contributed by atoms with E-state index in [-0.39, 0.29) is 5.41 Å². The van der Waals surface area contributed by atoms with Gasteiger partial charge in [0.15, 0.2) is 0 Å². The zero-order valence-corrected chi connectivity index (χ0v) is 14.6. The summed E-state index contributed by atoms with van der Waals surface area (Å²) in [6.45, 7) is 3.41. The van der Waals surface area contributed by atoms with E-state index in [0.717, 1.165) is 30.8 Å². The third kappa shape index (κ3) is 4.59. The van der Waals surface area contributed by atoms with Gasteiger partial charge < -0.3 is 4.90 Å². The summed E-state index contributed by atoms with van der Waals surface area (Å²) in [6, 6.07) is 19.0. The summed E-state index contributed by atoms with van der Waals surface area (Å²) in [5.41, 5.74) is 2.76. The largest absolute Gasteiger partial charge is 0.309 e. The van der Waals surface area contributed by atoms with Crippen LogP contribution in [0.1, 0.15) is 30.9 Å². The monoisotopic (exact) mass is 315 g/mol. The van der Waals surface area contributed by atoms with Crippen LogP contribution >= 0.6 is 11.6 Å². The number of aryl methyl sites for hydroxylation is 1. The molecule has 22 heavy (non-hydrogen) atoms.